The Morgan fingerprint density at radius 2 is 1.89 bits per heavy atom. The molecule has 1 heterocycles. The first-order valence-electron chi connectivity index (χ1n) is 7.53. The number of ether oxygens (including phenoxy) is 1. The number of carbonyl (C=O) groups is 1. The summed E-state index contributed by atoms with van der Waals surface area (Å²) in [5, 5.41) is 12.1. The minimum Gasteiger partial charge on any atom is -0.394 e. The Labute approximate surface area is 115 Å². The molecular formula is C14H26N2O3. The summed E-state index contributed by atoms with van der Waals surface area (Å²) in [5.41, 5.74) is 0. The number of nitrogens with one attached hydrogen (secondary N) is 1. The van der Waals surface area contributed by atoms with Crippen molar-refractivity contribution in [3.8, 4) is 0 Å². The lowest BCUT2D eigenvalue weighted by molar-refractivity contribution is -0.133. The second kappa shape index (κ2) is 7.82. The maximum atomic E-state index is 12.1. The summed E-state index contributed by atoms with van der Waals surface area (Å²) in [7, 11) is 0. The van der Waals surface area contributed by atoms with E-state index < -0.39 is 0 Å². The van der Waals surface area contributed by atoms with Crippen molar-refractivity contribution < 1.29 is 14.6 Å². The Bertz CT molecular complexity index is 272. The quantitative estimate of drug-likeness (QED) is 0.738. The molecule has 0 radical (unpaired) electrons. The van der Waals surface area contributed by atoms with Crippen molar-refractivity contribution in [3.05, 3.63) is 0 Å². The molecule has 2 N–H and O–H groups in total. The predicted molar refractivity (Wildman–Crippen MR) is 72.9 cm³/mol. The van der Waals surface area contributed by atoms with Gasteiger partial charge < -0.3 is 20.1 Å². The van der Waals surface area contributed by atoms with E-state index in [-0.39, 0.29) is 18.6 Å². The maximum Gasteiger partial charge on any atom is 0.236 e. The van der Waals surface area contributed by atoms with Crippen LogP contribution >= 0.6 is 0 Å². The fourth-order valence-electron chi connectivity index (χ4n) is 2.96. The molecule has 2 rings (SSSR count). The Hall–Kier alpha value is -0.650. The highest BCUT2D eigenvalue weighted by atomic mass is 16.5. The summed E-state index contributed by atoms with van der Waals surface area (Å²) in [6, 6.07) is 0.550. The third-order valence-corrected chi connectivity index (χ3v) is 4.14. The minimum atomic E-state index is 0.0739. The van der Waals surface area contributed by atoms with Crippen LogP contribution in [0.4, 0.5) is 0 Å². The average Bonchev–Trinajstić information content (AvgIpc) is 2.96. The molecule has 0 spiro atoms. The summed E-state index contributed by atoms with van der Waals surface area (Å²) < 4.78 is 5.50. The summed E-state index contributed by atoms with van der Waals surface area (Å²) in [5.74, 6) is 0.215. The molecule has 0 aromatic rings. The normalized spacial score (nSPS) is 22.1. The fourth-order valence-corrected chi connectivity index (χ4v) is 2.96. The number of rotatable bonds is 6. The first kappa shape index (κ1) is 14.8. The number of hydrogen-bond donors (Lipinski definition) is 2. The second-order valence-electron chi connectivity index (χ2n) is 5.54. The van der Waals surface area contributed by atoms with Gasteiger partial charge in [0.25, 0.3) is 0 Å². The molecule has 1 amide bonds. The van der Waals surface area contributed by atoms with Crippen molar-refractivity contribution in [1.82, 2.24) is 10.2 Å². The first-order chi connectivity index (χ1) is 9.29. The number of carbonyl (C=O) groups excluding carboxylic acids is 1. The van der Waals surface area contributed by atoms with Crippen LogP contribution < -0.4 is 5.32 Å². The van der Waals surface area contributed by atoms with E-state index in [0.29, 0.717) is 19.2 Å². The summed E-state index contributed by atoms with van der Waals surface area (Å²) in [6.07, 6.45) is 6.98. The number of amides is 1. The van der Waals surface area contributed by atoms with Crippen LogP contribution in [0.15, 0.2) is 0 Å². The average molecular weight is 270 g/mol. The highest BCUT2D eigenvalue weighted by Crippen LogP contribution is 2.18. The maximum absolute atomic E-state index is 12.1. The Morgan fingerprint density at radius 3 is 2.53 bits per heavy atom. The molecule has 1 saturated carbocycles. The molecule has 5 nitrogen and oxygen atoms in total. The van der Waals surface area contributed by atoms with Gasteiger partial charge in [0.2, 0.25) is 5.91 Å². The van der Waals surface area contributed by atoms with E-state index in [2.05, 4.69) is 5.32 Å². The van der Waals surface area contributed by atoms with Gasteiger partial charge >= 0.3 is 0 Å². The van der Waals surface area contributed by atoms with E-state index in [4.69, 9.17) is 9.84 Å². The monoisotopic (exact) mass is 270 g/mol. The molecule has 19 heavy (non-hydrogen) atoms. The van der Waals surface area contributed by atoms with Crippen LogP contribution in [0.5, 0.6) is 0 Å². The van der Waals surface area contributed by atoms with E-state index in [0.717, 1.165) is 25.9 Å². The highest BCUT2D eigenvalue weighted by molar-refractivity contribution is 5.78. The Morgan fingerprint density at radius 1 is 1.21 bits per heavy atom. The zero-order valence-electron chi connectivity index (χ0n) is 11.6. The second-order valence-corrected chi connectivity index (χ2v) is 5.54. The van der Waals surface area contributed by atoms with Crippen LogP contribution in [0.2, 0.25) is 0 Å². The highest BCUT2D eigenvalue weighted by Gasteiger charge is 2.23. The molecular weight excluding hydrogens is 244 g/mol. The molecule has 2 fully saturated rings. The van der Waals surface area contributed by atoms with E-state index in [1.165, 1.54) is 25.7 Å². The zero-order chi connectivity index (χ0) is 13.5. The van der Waals surface area contributed by atoms with E-state index >= 15 is 0 Å². The van der Waals surface area contributed by atoms with Gasteiger partial charge in [-0.25, -0.2) is 0 Å². The van der Waals surface area contributed by atoms with Crippen molar-refractivity contribution in [2.24, 2.45) is 0 Å². The van der Waals surface area contributed by atoms with Crippen LogP contribution in [-0.2, 0) is 9.53 Å². The molecule has 0 bridgehead atoms. The van der Waals surface area contributed by atoms with Crippen LogP contribution in [0, 0.1) is 0 Å². The largest absolute Gasteiger partial charge is 0.394 e. The standard InChI is InChI=1S/C14H26N2O3/c17-9-10-19-13-5-7-16(8-6-13)14(18)11-15-12-3-1-2-4-12/h12-13,15,17H,1-11H2. The SMILES string of the molecule is O=C(CNC1CCCC1)N1CCC(OCCO)CC1. The lowest BCUT2D eigenvalue weighted by atomic mass is 10.1. The van der Waals surface area contributed by atoms with Gasteiger partial charge in [-0.3, -0.25) is 4.79 Å². The number of piperidine rings is 1. The van der Waals surface area contributed by atoms with Crippen LogP contribution in [0.25, 0.3) is 0 Å². The molecule has 0 atom stereocenters. The molecule has 0 aromatic carbocycles. The summed E-state index contributed by atoms with van der Waals surface area (Å²) in [6.45, 7) is 2.52. The molecule has 2 aliphatic rings. The number of likely N-dealkylation sites (tertiary alicyclic amines) is 1. The lowest BCUT2D eigenvalue weighted by Gasteiger charge is -2.32. The Kier molecular flexibility index (Phi) is 6.07. The van der Waals surface area contributed by atoms with Crippen molar-refractivity contribution in [2.45, 2.75) is 50.7 Å². The van der Waals surface area contributed by atoms with Crippen molar-refractivity contribution >= 4 is 5.91 Å². The molecule has 0 unspecified atom stereocenters. The molecule has 1 saturated heterocycles. The zero-order valence-corrected chi connectivity index (χ0v) is 11.6. The number of aliphatic hydroxyl groups excluding tert-OH is 1. The van der Waals surface area contributed by atoms with Gasteiger partial charge in [0.05, 0.1) is 25.9 Å². The summed E-state index contributed by atoms with van der Waals surface area (Å²) >= 11 is 0. The number of aliphatic hydroxyl groups is 1. The van der Waals surface area contributed by atoms with Gasteiger partial charge in [-0.15, -0.1) is 0 Å². The third kappa shape index (κ3) is 4.75. The van der Waals surface area contributed by atoms with Gasteiger partial charge in [-0.05, 0) is 25.7 Å². The molecule has 1 aliphatic heterocycles. The van der Waals surface area contributed by atoms with Gasteiger partial charge in [-0.2, -0.15) is 0 Å². The van der Waals surface area contributed by atoms with E-state index in [1.54, 1.807) is 0 Å². The van der Waals surface area contributed by atoms with Crippen LogP contribution in [0.1, 0.15) is 38.5 Å². The third-order valence-electron chi connectivity index (χ3n) is 4.14. The number of nitrogens with zero attached hydrogens (tertiary/aromatic N) is 1. The Balaban J connectivity index is 1.61. The molecule has 5 heteroatoms. The molecule has 110 valence electrons. The smallest absolute Gasteiger partial charge is 0.236 e. The van der Waals surface area contributed by atoms with Crippen LogP contribution in [0.3, 0.4) is 0 Å². The number of hydrogen-bond acceptors (Lipinski definition) is 4. The van der Waals surface area contributed by atoms with Crippen LogP contribution in [-0.4, -0.2) is 60.9 Å². The molecule has 1 aliphatic carbocycles. The van der Waals surface area contributed by atoms with E-state index in [9.17, 15) is 4.79 Å². The molecule has 0 aromatic heterocycles. The predicted octanol–water partition coefficient (Wildman–Crippen LogP) is 0.519. The van der Waals surface area contributed by atoms with E-state index in [1.807, 2.05) is 4.90 Å². The summed E-state index contributed by atoms with van der Waals surface area (Å²) in [4.78, 5) is 14.0. The fraction of sp³-hybridized carbons (Fsp3) is 0.929. The van der Waals surface area contributed by atoms with Crippen molar-refractivity contribution in [3.63, 3.8) is 0 Å². The lowest BCUT2D eigenvalue weighted by Crippen LogP contribution is -2.46. The van der Waals surface area contributed by atoms with Gasteiger partial charge in [0, 0.05) is 19.1 Å². The van der Waals surface area contributed by atoms with Gasteiger partial charge in [0.1, 0.15) is 0 Å². The van der Waals surface area contributed by atoms with Gasteiger partial charge in [-0.1, -0.05) is 12.8 Å². The first-order valence-corrected chi connectivity index (χ1v) is 7.53. The van der Waals surface area contributed by atoms with Crippen molar-refractivity contribution in [1.29, 1.82) is 0 Å². The minimum absolute atomic E-state index is 0.0739. The van der Waals surface area contributed by atoms with Crippen molar-refractivity contribution in [2.75, 3.05) is 32.8 Å². The topological polar surface area (TPSA) is 61.8 Å². The van der Waals surface area contributed by atoms with Gasteiger partial charge in [0.15, 0.2) is 0 Å².